The molecule has 0 saturated heterocycles. The van der Waals surface area contributed by atoms with Gasteiger partial charge in [-0.3, -0.25) is 9.59 Å². The summed E-state index contributed by atoms with van der Waals surface area (Å²) in [7, 11) is 1.46. The molecule has 0 bridgehead atoms. The number of methoxy groups -OCH3 is 1. The van der Waals surface area contributed by atoms with E-state index in [4.69, 9.17) is 13.9 Å². The predicted octanol–water partition coefficient (Wildman–Crippen LogP) is 4.20. The molecule has 2 aromatic carbocycles. The fourth-order valence-electron chi connectivity index (χ4n) is 2.63. The lowest BCUT2D eigenvalue weighted by Gasteiger charge is -2.07. The Labute approximate surface area is 161 Å². The summed E-state index contributed by atoms with van der Waals surface area (Å²) in [6.07, 6.45) is 0. The molecule has 0 aliphatic carbocycles. The molecule has 0 fully saturated rings. The van der Waals surface area contributed by atoms with Crippen molar-refractivity contribution in [3.8, 4) is 17.1 Å². The summed E-state index contributed by atoms with van der Waals surface area (Å²) in [5.41, 5.74) is 1.64. The number of rotatable bonds is 7. The molecule has 1 aromatic heterocycles. The topological polar surface area (TPSA) is 82.8 Å². The van der Waals surface area contributed by atoms with Gasteiger partial charge >= 0.3 is 5.97 Å². The summed E-state index contributed by atoms with van der Waals surface area (Å²) in [6, 6.07) is 16.6. The van der Waals surface area contributed by atoms with E-state index in [1.165, 1.54) is 20.1 Å². The Kier molecular flexibility index (Phi) is 5.69. The van der Waals surface area contributed by atoms with Crippen LogP contribution in [0.1, 0.15) is 38.2 Å². The van der Waals surface area contributed by atoms with E-state index in [2.05, 4.69) is 0 Å². The molecule has 0 atom stereocenters. The number of hydrogen-bond donors (Lipinski definition) is 0. The van der Waals surface area contributed by atoms with Crippen molar-refractivity contribution in [2.45, 2.75) is 6.92 Å². The van der Waals surface area contributed by atoms with E-state index in [9.17, 15) is 14.4 Å². The molecule has 0 aliphatic heterocycles. The Balaban J connectivity index is 1.65. The van der Waals surface area contributed by atoms with E-state index in [1.807, 2.05) is 0 Å². The highest BCUT2D eigenvalue weighted by atomic mass is 16.5. The van der Waals surface area contributed by atoms with E-state index in [1.54, 1.807) is 54.6 Å². The normalized spacial score (nSPS) is 10.4. The van der Waals surface area contributed by atoms with Crippen LogP contribution in [0.15, 0.2) is 65.1 Å². The first-order valence-electron chi connectivity index (χ1n) is 8.54. The number of carbonyl (C=O) groups is 3. The number of hydrogen-bond acceptors (Lipinski definition) is 6. The third-order valence-corrected chi connectivity index (χ3v) is 4.12. The van der Waals surface area contributed by atoms with Gasteiger partial charge in [-0.2, -0.15) is 0 Å². The van der Waals surface area contributed by atoms with Gasteiger partial charge in [-0.15, -0.1) is 0 Å². The second-order valence-corrected chi connectivity index (χ2v) is 6.00. The van der Waals surface area contributed by atoms with Gasteiger partial charge in [-0.25, -0.2) is 4.79 Å². The molecule has 0 spiro atoms. The number of ether oxygens (including phenoxy) is 2. The minimum absolute atomic E-state index is 0.0153. The molecule has 3 aromatic rings. The van der Waals surface area contributed by atoms with Crippen molar-refractivity contribution in [2.24, 2.45) is 0 Å². The third kappa shape index (κ3) is 4.17. The summed E-state index contributed by atoms with van der Waals surface area (Å²) < 4.78 is 15.7. The standard InChI is InChI=1S/C22H18O6/c1-14(23)15-7-9-16(10-8-15)19-11-12-21(28-19)22(25)27-13-18(24)17-5-3-4-6-20(17)26-2/h3-12H,13H2,1-2H3. The molecule has 28 heavy (non-hydrogen) atoms. The van der Waals surface area contributed by atoms with Gasteiger partial charge in [0.1, 0.15) is 11.5 Å². The molecule has 0 saturated carbocycles. The van der Waals surface area contributed by atoms with Crippen molar-refractivity contribution in [1.29, 1.82) is 0 Å². The molecule has 6 nitrogen and oxygen atoms in total. The van der Waals surface area contributed by atoms with Crippen LogP contribution in [-0.2, 0) is 4.74 Å². The van der Waals surface area contributed by atoms with Crippen LogP contribution in [0.5, 0.6) is 5.75 Å². The second-order valence-electron chi connectivity index (χ2n) is 6.00. The van der Waals surface area contributed by atoms with Gasteiger partial charge in [0.05, 0.1) is 12.7 Å². The lowest BCUT2D eigenvalue weighted by Crippen LogP contribution is -2.14. The second kappa shape index (κ2) is 8.35. The largest absolute Gasteiger partial charge is 0.496 e. The molecule has 0 aliphatic rings. The van der Waals surface area contributed by atoms with E-state index < -0.39 is 12.6 Å². The third-order valence-electron chi connectivity index (χ3n) is 4.12. The Hall–Kier alpha value is -3.67. The maximum Gasteiger partial charge on any atom is 0.374 e. The Morgan fingerprint density at radius 2 is 1.64 bits per heavy atom. The van der Waals surface area contributed by atoms with Crippen LogP contribution in [0.3, 0.4) is 0 Å². The van der Waals surface area contributed by atoms with Gasteiger partial charge < -0.3 is 13.9 Å². The number of esters is 1. The lowest BCUT2D eigenvalue weighted by molar-refractivity contribution is 0.0444. The Morgan fingerprint density at radius 1 is 0.929 bits per heavy atom. The van der Waals surface area contributed by atoms with Crippen molar-refractivity contribution in [3.05, 3.63) is 77.6 Å². The first kappa shape index (κ1) is 19.1. The molecule has 0 amide bonds. The molecule has 142 valence electrons. The summed E-state index contributed by atoms with van der Waals surface area (Å²) in [4.78, 5) is 35.8. The highest BCUT2D eigenvalue weighted by molar-refractivity contribution is 6.01. The first-order valence-corrected chi connectivity index (χ1v) is 8.54. The minimum atomic E-state index is -0.741. The van der Waals surface area contributed by atoms with Gasteiger partial charge in [0.25, 0.3) is 0 Å². The minimum Gasteiger partial charge on any atom is -0.496 e. The van der Waals surface area contributed by atoms with Crippen LogP contribution >= 0.6 is 0 Å². The molecule has 0 unspecified atom stereocenters. The summed E-state index contributed by atoms with van der Waals surface area (Å²) in [5, 5.41) is 0. The maximum absolute atomic E-state index is 12.3. The summed E-state index contributed by atoms with van der Waals surface area (Å²) in [5.74, 6) is -0.295. The van der Waals surface area contributed by atoms with Crippen molar-refractivity contribution < 1.29 is 28.3 Å². The molecule has 3 rings (SSSR count). The van der Waals surface area contributed by atoms with Crippen LogP contribution in [0.25, 0.3) is 11.3 Å². The number of Topliss-reactive ketones (excluding diaryl/α,β-unsaturated/α-hetero) is 2. The van der Waals surface area contributed by atoms with Crippen LogP contribution in [0, 0.1) is 0 Å². The molecule has 0 radical (unpaired) electrons. The van der Waals surface area contributed by atoms with Crippen molar-refractivity contribution in [2.75, 3.05) is 13.7 Å². The van der Waals surface area contributed by atoms with E-state index in [-0.39, 0.29) is 17.3 Å². The molecular weight excluding hydrogens is 360 g/mol. The monoisotopic (exact) mass is 378 g/mol. The quantitative estimate of drug-likeness (QED) is 0.453. The van der Waals surface area contributed by atoms with Gasteiger partial charge in [0, 0.05) is 11.1 Å². The maximum atomic E-state index is 12.3. The zero-order valence-electron chi connectivity index (χ0n) is 15.4. The van der Waals surface area contributed by atoms with Gasteiger partial charge in [-0.05, 0) is 31.2 Å². The van der Waals surface area contributed by atoms with Crippen LogP contribution in [-0.4, -0.2) is 31.3 Å². The lowest BCUT2D eigenvalue weighted by atomic mass is 10.1. The zero-order valence-corrected chi connectivity index (χ0v) is 15.4. The van der Waals surface area contributed by atoms with Crippen molar-refractivity contribution in [1.82, 2.24) is 0 Å². The van der Waals surface area contributed by atoms with Crippen molar-refractivity contribution >= 4 is 17.5 Å². The molecule has 6 heteroatoms. The SMILES string of the molecule is COc1ccccc1C(=O)COC(=O)c1ccc(-c2ccc(C(C)=O)cc2)o1. The first-order chi connectivity index (χ1) is 13.5. The van der Waals surface area contributed by atoms with Gasteiger partial charge in [-0.1, -0.05) is 36.4 Å². The number of furan rings is 1. The van der Waals surface area contributed by atoms with Crippen molar-refractivity contribution in [3.63, 3.8) is 0 Å². The number of carbonyl (C=O) groups excluding carboxylic acids is 3. The smallest absolute Gasteiger partial charge is 0.374 e. The highest BCUT2D eigenvalue weighted by Crippen LogP contribution is 2.23. The summed E-state index contributed by atoms with van der Waals surface area (Å²) in [6.45, 7) is 1.06. The van der Waals surface area contributed by atoms with E-state index in [0.29, 0.717) is 28.2 Å². The molecule has 1 heterocycles. The highest BCUT2D eigenvalue weighted by Gasteiger charge is 2.18. The number of para-hydroxylation sites is 1. The predicted molar refractivity (Wildman–Crippen MR) is 102 cm³/mol. The van der Waals surface area contributed by atoms with Crippen LogP contribution in [0.4, 0.5) is 0 Å². The Bertz CT molecular complexity index is 1010. The van der Waals surface area contributed by atoms with E-state index >= 15 is 0 Å². The average Bonchev–Trinajstić information content (AvgIpc) is 3.22. The van der Waals surface area contributed by atoms with Gasteiger partial charge in [0.15, 0.2) is 12.4 Å². The fourth-order valence-corrected chi connectivity index (χ4v) is 2.63. The number of ketones is 2. The molecule has 0 N–H and O–H groups in total. The fraction of sp³-hybridized carbons (Fsp3) is 0.136. The summed E-state index contributed by atoms with van der Waals surface area (Å²) >= 11 is 0. The van der Waals surface area contributed by atoms with Gasteiger partial charge in [0.2, 0.25) is 11.5 Å². The Morgan fingerprint density at radius 3 is 2.32 bits per heavy atom. The average molecular weight is 378 g/mol. The van der Waals surface area contributed by atoms with Crippen LogP contribution < -0.4 is 4.74 Å². The van der Waals surface area contributed by atoms with Crippen LogP contribution in [0.2, 0.25) is 0 Å². The number of benzene rings is 2. The van der Waals surface area contributed by atoms with E-state index in [0.717, 1.165) is 0 Å². The molecular formula is C22H18O6. The zero-order chi connectivity index (χ0) is 20.1.